The van der Waals surface area contributed by atoms with Gasteiger partial charge in [0.2, 0.25) is 0 Å². The molecule has 4 N–H and O–H groups in total. The number of hydrogen-bond acceptors (Lipinski definition) is 2. The number of nitrogens with two attached hydrogens (primary N) is 1. The Morgan fingerprint density at radius 2 is 2.30 bits per heavy atom. The Labute approximate surface area is 61.2 Å². The Hall–Kier alpha value is -0.770. The highest BCUT2D eigenvalue weighted by molar-refractivity contribution is 5.71. The second-order valence-electron chi connectivity index (χ2n) is 2.18. The summed E-state index contributed by atoms with van der Waals surface area (Å²) < 4.78 is 0. The molecule has 0 fully saturated rings. The lowest BCUT2D eigenvalue weighted by atomic mass is 10.4. The fraction of sp³-hybridized carbons (Fsp3) is 0.833. The van der Waals surface area contributed by atoms with Crippen LogP contribution in [0.3, 0.4) is 0 Å². The average Bonchev–Trinajstić information content (AvgIpc) is 1.82. The maximum Gasteiger partial charge on any atom is 0.313 e. The molecule has 10 heavy (non-hydrogen) atoms. The van der Waals surface area contributed by atoms with Gasteiger partial charge < -0.3 is 11.1 Å². The number of hydrogen-bond donors (Lipinski definition) is 3. The van der Waals surface area contributed by atoms with Crippen LogP contribution in [0.25, 0.3) is 0 Å². The van der Waals surface area contributed by atoms with Crippen LogP contribution in [0.15, 0.2) is 0 Å². The van der Waals surface area contributed by atoms with E-state index < -0.39 is 6.03 Å². The van der Waals surface area contributed by atoms with Crippen LogP contribution in [-0.4, -0.2) is 18.7 Å². The molecule has 0 saturated heterocycles. The highest BCUT2D eigenvalue weighted by Gasteiger charge is 1.99. The number of carbonyl (C=O) groups excluding carboxylic acids is 1. The predicted octanol–water partition coefficient (Wildman–Crippen LogP) is 0.000300. The zero-order valence-electron chi connectivity index (χ0n) is 6.48. The van der Waals surface area contributed by atoms with E-state index in [1.165, 1.54) is 0 Å². The van der Waals surface area contributed by atoms with Gasteiger partial charge in [-0.2, -0.15) is 0 Å². The van der Waals surface area contributed by atoms with Crippen molar-refractivity contribution in [2.24, 2.45) is 5.73 Å². The van der Waals surface area contributed by atoms with Gasteiger partial charge >= 0.3 is 6.03 Å². The van der Waals surface area contributed by atoms with Gasteiger partial charge in [-0.15, -0.1) is 0 Å². The van der Waals surface area contributed by atoms with Crippen LogP contribution in [0.2, 0.25) is 0 Å². The molecule has 0 spiro atoms. The van der Waals surface area contributed by atoms with E-state index in [1.807, 2.05) is 6.92 Å². The van der Waals surface area contributed by atoms with E-state index in [4.69, 9.17) is 5.73 Å². The summed E-state index contributed by atoms with van der Waals surface area (Å²) in [5.41, 5.74) is 4.88. The summed E-state index contributed by atoms with van der Waals surface area (Å²) in [7, 11) is 0. The molecule has 0 aromatic heterocycles. The van der Waals surface area contributed by atoms with Crippen LogP contribution in [-0.2, 0) is 0 Å². The molecule has 0 radical (unpaired) electrons. The zero-order chi connectivity index (χ0) is 7.98. The Morgan fingerprint density at radius 3 is 2.70 bits per heavy atom. The summed E-state index contributed by atoms with van der Waals surface area (Å²) in [6.45, 7) is 4.80. The first-order valence-electron chi connectivity index (χ1n) is 3.46. The van der Waals surface area contributed by atoms with E-state index in [9.17, 15) is 4.79 Å². The van der Waals surface area contributed by atoms with Gasteiger partial charge in [0.05, 0.1) is 6.17 Å². The summed E-state index contributed by atoms with van der Waals surface area (Å²) in [5, 5.41) is 5.56. The third-order valence-electron chi connectivity index (χ3n) is 1.06. The molecular formula is C6H15N3O. The summed E-state index contributed by atoms with van der Waals surface area (Å²) in [5.74, 6) is 0. The van der Waals surface area contributed by atoms with Crippen LogP contribution in [0, 0.1) is 0 Å². The van der Waals surface area contributed by atoms with Gasteiger partial charge in [0, 0.05) is 0 Å². The minimum absolute atomic E-state index is 0.0301. The highest BCUT2D eigenvalue weighted by Crippen LogP contribution is 1.75. The number of carbonyl (C=O) groups is 1. The van der Waals surface area contributed by atoms with Crippen molar-refractivity contribution in [3.63, 3.8) is 0 Å². The minimum atomic E-state index is -0.490. The molecular weight excluding hydrogens is 130 g/mol. The molecule has 0 aliphatic rings. The Morgan fingerprint density at radius 1 is 1.70 bits per heavy atom. The molecule has 0 aliphatic carbocycles. The monoisotopic (exact) mass is 145 g/mol. The molecule has 4 nitrogen and oxygen atoms in total. The van der Waals surface area contributed by atoms with Crippen LogP contribution in [0.4, 0.5) is 4.79 Å². The first kappa shape index (κ1) is 9.23. The van der Waals surface area contributed by atoms with Crippen molar-refractivity contribution in [1.29, 1.82) is 0 Å². The Bertz CT molecular complexity index is 105. The predicted molar refractivity (Wildman–Crippen MR) is 40.5 cm³/mol. The highest BCUT2D eigenvalue weighted by atomic mass is 16.2. The number of amides is 2. The van der Waals surface area contributed by atoms with Crippen LogP contribution in [0.1, 0.15) is 20.3 Å². The third-order valence-corrected chi connectivity index (χ3v) is 1.06. The van der Waals surface area contributed by atoms with Crippen LogP contribution < -0.4 is 16.4 Å². The number of urea groups is 1. The van der Waals surface area contributed by atoms with Crippen molar-refractivity contribution < 1.29 is 4.79 Å². The Kier molecular flexibility index (Phi) is 4.66. The van der Waals surface area contributed by atoms with E-state index in [1.54, 1.807) is 0 Å². The van der Waals surface area contributed by atoms with Gasteiger partial charge in [-0.25, -0.2) is 4.79 Å². The molecule has 2 amide bonds. The molecule has 60 valence electrons. The molecule has 1 atom stereocenters. The second kappa shape index (κ2) is 5.05. The van der Waals surface area contributed by atoms with Crippen molar-refractivity contribution in [3.05, 3.63) is 0 Å². The van der Waals surface area contributed by atoms with E-state index in [-0.39, 0.29) is 6.17 Å². The molecule has 0 aromatic rings. The van der Waals surface area contributed by atoms with Crippen LogP contribution in [0.5, 0.6) is 0 Å². The standard InChI is InChI=1S/C6H15N3O/c1-3-4-8-5(2)9-6(7)10/h5,8H,3-4H2,1-2H3,(H3,7,9,10). The number of nitrogens with one attached hydrogen (secondary N) is 2. The molecule has 0 rings (SSSR count). The average molecular weight is 145 g/mol. The van der Waals surface area contributed by atoms with E-state index in [2.05, 4.69) is 17.6 Å². The minimum Gasteiger partial charge on any atom is -0.352 e. The third kappa shape index (κ3) is 5.37. The lowest BCUT2D eigenvalue weighted by Gasteiger charge is -2.12. The van der Waals surface area contributed by atoms with Crippen molar-refractivity contribution >= 4 is 6.03 Å². The Balaban J connectivity index is 3.25. The molecule has 0 saturated carbocycles. The normalized spacial score (nSPS) is 12.6. The quantitative estimate of drug-likeness (QED) is 0.487. The van der Waals surface area contributed by atoms with Crippen molar-refractivity contribution in [2.45, 2.75) is 26.4 Å². The maximum atomic E-state index is 10.2. The van der Waals surface area contributed by atoms with Crippen molar-refractivity contribution in [1.82, 2.24) is 10.6 Å². The fourth-order valence-electron chi connectivity index (χ4n) is 0.625. The summed E-state index contributed by atoms with van der Waals surface area (Å²) in [4.78, 5) is 10.2. The first-order valence-corrected chi connectivity index (χ1v) is 3.46. The zero-order valence-corrected chi connectivity index (χ0v) is 6.48. The van der Waals surface area contributed by atoms with Gasteiger partial charge in [0.15, 0.2) is 0 Å². The SMILES string of the molecule is CCCNC(C)NC(N)=O. The molecule has 0 aromatic carbocycles. The van der Waals surface area contributed by atoms with Gasteiger partial charge in [-0.1, -0.05) is 6.92 Å². The van der Waals surface area contributed by atoms with Gasteiger partial charge in [0.1, 0.15) is 0 Å². The van der Waals surface area contributed by atoms with E-state index in [0.717, 1.165) is 13.0 Å². The topological polar surface area (TPSA) is 67.2 Å². The van der Waals surface area contributed by atoms with E-state index in [0.29, 0.717) is 0 Å². The summed E-state index contributed by atoms with van der Waals surface area (Å²) in [6, 6.07) is -0.490. The second-order valence-corrected chi connectivity index (χ2v) is 2.18. The maximum absolute atomic E-state index is 10.2. The molecule has 0 heterocycles. The summed E-state index contributed by atoms with van der Waals surface area (Å²) in [6.07, 6.45) is 1.02. The lowest BCUT2D eigenvalue weighted by molar-refractivity contribution is 0.244. The van der Waals surface area contributed by atoms with Crippen molar-refractivity contribution in [3.8, 4) is 0 Å². The van der Waals surface area contributed by atoms with Gasteiger partial charge in [-0.3, -0.25) is 5.32 Å². The number of primary amides is 1. The van der Waals surface area contributed by atoms with E-state index >= 15 is 0 Å². The molecule has 4 heteroatoms. The largest absolute Gasteiger partial charge is 0.352 e. The molecule has 0 bridgehead atoms. The van der Waals surface area contributed by atoms with Gasteiger partial charge in [-0.05, 0) is 19.9 Å². The summed E-state index contributed by atoms with van der Waals surface area (Å²) >= 11 is 0. The lowest BCUT2D eigenvalue weighted by Crippen LogP contribution is -2.45. The first-order chi connectivity index (χ1) is 4.66. The van der Waals surface area contributed by atoms with Gasteiger partial charge in [0.25, 0.3) is 0 Å². The van der Waals surface area contributed by atoms with Crippen LogP contribution >= 0.6 is 0 Å². The van der Waals surface area contributed by atoms with Crippen molar-refractivity contribution in [2.75, 3.05) is 6.54 Å². The smallest absolute Gasteiger partial charge is 0.313 e. The molecule has 1 unspecified atom stereocenters. The number of rotatable bonds is 4. The fourth-order valence-corrected chi connectivity index (χ4v) is 0.625. The molecule has 0 aliphatic heterocycles.